The van der Waals surface area contributed by atoms with Gasteiger partial charge in [0.05, 0.1) is 132 Å². The maximum absolute atomic E-state index is 5.76. The maximum Gasteiger partial charge on any atom is 0.0701 e. The van der Waals surface area contributed by atoms with E-state index in [-0.39, 0.29) is 0 Å². The molecule has 14 heteroatoms. The summed E-state index contributed by atoms with van der Waals surface area (Å²) in [5.41, 5.74) is 4.57. The molecule has 308 valence electrons. The summed E-state index contributed by atoms with van der Waals surface area (Å²) in [6, 6.07) is 17.1. The summed E-state index contributed by atoms with van der Waals surface area (Å²) in [5.74, 6) is 0. The first-order valence-corrected chi connectivity index (χ1v) is 19.4. The first-order valence-electron chi connectivity index (χ1n) is 19.4. The first-order chi connectivity index (χ1) is 26.5. The SMILES string of the molecule is CN1CCOCCOCCOCCOCCOCCN(C)c2ccc(cc2)N(C)CCOCCOCCOCCOCCOCCN(C)c2ccc1cc2. The largest absolute Gasteiger partial charge is 0.377 e. The second-order valence-electron chi connectivity index (χ2n) is 12.8. The van der Waals surface area contributed by atoms with Gasteiger partial charge < -0.3 is 67.0 Å². The van der Waals surface area contributed by atoms with Crippen molar-refractivity contribution in [3.63, 3.8) is 0 Å². The van der Waals surface area contributed by atoms with Crippen LogP contribution in [-0.2, 0) is 47.4 Å². The summed E-state index contributed by atoms with van der Waals surface area (Å²) < 4.78 is 56.8. The van der Waals surface area contributed by atoms with Crippen LogP contribution in [0.4, 0.5) is 22.7 Å². The van der Waals surface area contributed by atoms with Crippen molar-refractivity contribution >= 4 is 22.7 Å². The first kappa shape index (κ1) is 45.6. The normalized spacial score (nSPS) is 20.5. The molecule has 0 radical (unpaired) electrons. The zero-order valence-electron chi connectivity index (χ0n) is 33.5. The third kappa shape index (κ3) is 21.4. The molecule has 0 saturated heterocycles. The summed E-state index contributed by atoms with van der Waals surface area (Å²) in [4.78, 5) is 8.74. The number of nitrogens with zero attached hydrogens (tertiary/aromatic N) is 4. The van der Waals surface area contributed by atoms with Crippen molar-refractivity contribution in [2.75, 3.05) is 206 Å². The van der Waals surface area contributed by atoms with Crippen LogP contribution in [0.15, 0.2) is 48.5 Å². The van der Waals surface area contributed by atoms with Gasteiger partial charge in [-0.05, 0) is 48.5 Å². The van der Waals surface area contributed by atoms with Crippen molar-refractivity contribution in [1.82, 2.24) is 0 Å². The Morgan fingerprint density at radius 1 is 0.241 bits per heavy atom. The summed E-state index contributed by atoms with van der Waals surface area (Å²) in [6.07, 6.45) is 0. The van der Waals surface area contributed by atoms with Crippen LogP contribution >= 0.6 is 0 Å². The van der Waals surface area contributed by atoms with Crippen LogP contribution in [0.5, 0.6) is 0 Å². The minimum Gasteiger partial charge on any atom is -0.377 e. The molecule has 0 aliphatic carbocycles. The molecule has 4 bridgehead atoms. The molecule has 0 fully saturated rings. The Balaban J connectivity index is 1.31. The van der Waals surface area contributed by atoms with Gasteiger partial charge in [-0.2, -0.15) is 0 Å². The van der Waals surface area contributed by atoms with E-state index in [9.17, 15) is 0 Å². The average molecular weight is 765 g/mol. The molecule has 0 aromatic heterocycles. The molecule has 14 nitrogen and oxygen atoms in total. The van der Waals surface area contributed by atoms with Gasteiger partial charge >= 0.3 is 0 Å². The summed E-state index contributed by atoms with van der Waals surface area (Å²) in [6.45, 7) is 14.3. The van der Waals surface area contributed by atoms with Crippen molar-refractivity contribution in [2.24, 2.45) is 0 Å². The molecular weight excluding hydrogens is 696 g/mol. The lowest BCUT2D eigenvalue weighted by Crippen LogP contribution is -2.25. The van der Waals surface area contributed by atoms with Crippen LogP contribution in [-0.4, -0.2) is 187 Å². The molecule has 2 aromatic rings. The Hall–Kier alpha value is -2.76. The fourth-order valence-corrected chi connectivity index (χ4v) is 5.21. The molecule has 2 aromatic carbocycles. The van der Waals surface area contributed by atoms with Gasteiger partial charge in [-0.15, -0.1) is 0 Å². The van der Waals surface area contributed by atoms with Gasteiger partial charge in [0.15, 0.2) is 0 Å². The van der Waals surface area contributed by atoms with Crippen LogP contribution < -0.4 is 19.6 Å². The lowest BCUT2D eigenvalue weighted by molar-refractivity contribution is -0.0101. The van der Waals surface area contributed by atoms with Crippen LogP contribution in [0.25, 0.3) is 0 Å². The van der Waals surface area contributed by atoms with E-state index < -0.39 is 0 Å². The number of benzene rings is 2. The predicted octanol–water partition coefficient (Wildman–Crippen LogP) is 3.31. The summed E-state index contributed by atoms with van der Waals surface area (Å²) >= 11 is 0. The number of ether oxygens (including phenoxy) is 10. The molecule has 6 rings (SSSR count). The van der Waals surface area contributed by atoms with E-state index in [0.29, 0.717) is 132 Å². The van der Waals surface area contributed by atoms with Gasteiger partial charge in [-0.25, -0.2) is 0 Å². The Kier molecular flexibility index (Phi) is 25.7. The van der Waals surface area contributed by atoms with Gasteiger partial charge in [0.2, 0.25) is 0 Å². The highest BCUT2D eigenvalue weighted by molar-refractivity contribution is 5.56. The van der Waals surface area contributed by atoms with Crippen molar-refractivity contribution in [3.05, 3.63) is 48.5 Å². The minimum atomic E-state index is 0.528. The smallest absolute Gasteiger partial charge is 0.0701 e. The molecule has 54 heavy (non-hydrogen) atoms. The number of hydrogen-bond acceptors (Lipinski definition) is 14. The summed E-state index contributed by atoms with van der Waals surface area (Å²) in [7, 11) is 8.29. The van der Waals surface area contributed by atoms with Crippen LogP contribution in [0.2, 0.25) is 0 Å². The van der Waals surface area contributed by atoms with E-state index >= 15 is 0 Å². The van der Waals surface area contributed by atoms with Gasteiger partial charge in [-0.1, -0.05) is 0 Å². The molecule has 0 N–H and O–H groups in total. The monoisotopic (exact) mass is 764 g/mol. The molecule has 4 aliphatic rings. The topological polar surface area (TPSA) is 105 Å². The molecule has 0 saturated carbocycles. The zero-order valence-corrected chi connectivity index (χ0v) is 33.5. The van der Waals surface area contributed by atoms with Gasteiger partial charge in [-0.3, -0.25) is 0 Å². The second-order valence-corrected chi connectivity index (χ2v) is 12.8. The standard InChI is InChI=1S/C40H68N4O10/c1-41-13-17-45-21-25-49-29-33-53-34-30-51-27-23-47-19-15-43(3)39-9-11-40(12-10-39)44(4)16-20-48-24-28-52-32-36-54-35-31-50-26-22-46-18-14-42(2)38-7-5-37(41)6-8-38/h5-12H,13-36H2,1-4H3. The highest BCUT2D eigenvalue weighted by Gasteiger charge is 2.07. The van der Waals surface area contributed by atoms with E-state index in [4.69, 9.17) is 47.4 Å². The molecule has 4 aliphatic heterocycles. The summed E-state index contributed by atoms with van der Waals surface area (Å²) in [5, 5.41) is 0. The maximum atomic E-state index is 5.76. The fraction of sp³-hybridized carbons (Fsp3) is 0.700. The fourth-order valence-electron chi connectivity index (χ4n) is 5.21. The van der Waals surface area contributed by atoms with Crippen LogP contribution in [0, 0.1) is 0 Å². The highest BCUT2D eigenvalue weighted by Crippen LogP contribution is 2.20. The third-order valence-corrected chi connectivity index (χ3v) is 8.72. The number of anilines is 4. The van der Waals surface area contributed by atoms with E-state index in [2.05, 4.69) is 96.3 Å². The van der Waals surface area contributed by atoms with E-state index in [0.717, 1.165) is 48.9 Å². The molecule has 0 unspecified atom stereocenters. The van der Waals surface area contributed by atoms with Crippen molar-refractivity contribution in [3.8, 4) is 0 Å². The number of rotatable bonds is 0. The molecular formula is C40H68N4O10. The van der Waals surface area contributed by atoms with E-state index in [1.807, 2.05) is 0 Å². The van der Waals surface area contributed by atoms with Gasteiger partial charge in [0, 0.05) is 77.1 Å². The van der Waals surface area contributed by atoms with Gasteiger partial charge in [0.1, 0.15) is 0 Å². The van der Waals surface area contributed by atoms with Crippen molar-refractivity contribution in [2.45, 2.75) is 0 Å². The number of hydrogen-bond donors (Lipinski definition) is 0. The Morgan fingerprint density at radius 2 is 0.370 bits per heavy atom. The molecule has 0 spiro atoms. The lowest BCUT2D eigenvalue weighted by Gasteiger charge is -2.22. The Bertz CT molecular complexity index is 975. The Morgan fingerprint density at radius 3 is 0.519 bits per heavy atom. The molecule has 0 atom stereocenters. The van der Waals surface area contributed by atoms with E-state index in [1.165, 1.54) is 0 Å². The van der Waals surface area contributed by atoms with Crippen LogP contribution in [0.3, 0.4) is 0 Å². The quantitative estimate of drug-likeness (QED) is 0.392. The second kappa shape index (κ2) is 30.5. The number of likely N-dealkylation sites (N-methyl/N-ethyl adjacent to an activating group) is 4. The highest BCUT2D eigenvalue weighted by atomic mass is 16.6. The third-order valence-electron chi connectivity index (χ3n) is 8.72. The zero-order chi connectivity index (χ0) is 38.3. The van der Waals surface area contributed by atoms with Crippen molar-refractivity contribution in [1.29, 1.82) is 0 Å². The molecule has 4 heterocycles. The molecule has 0 amide bonds. The van der Waals surface area contributed by atoms with Crippen LogP contribution in [0.1, 0.15) is 0 Å². The minimum absolute atomic E-state index is 0.528. The predicted molar refractivity (Wildman–Crippen MR) is 214 cm³/mol. The van der Waals surface area contributed by atoms with E-state index in [1.54, 1.807) is 0 Å². The van der Waals surface area contributed by atoms with Crippen molar-refractivity contribution < 1.29 is 47.4 Å². The Labute approximate surface area is 324 Å². The van der Waals surface area contributed by atoms with Gasteiger partial charge in [0.25, 0.3) is 0 Å². The average Bonchev–Trinajstić information content (AvgIpc) is 3.19. The lowest BCUT2D eigenvalue weighted by atomic mass is 10.2.